The Bertz CT molecular complexity index is 768. The predicted molar refractivity (Wildman–Crippen MR) is 88.3 cm³/mol. The number of aliphatic imine (C=N–C) groups is 1. The average Bonchev–Trinajstić information content (AvgIpc) is 2.96. The third-order valence-corrected chi connectivity index (χ3v) is 4.13. The molecule has 0 aromatic carbocycles. The van der Waals surface area contributed by atoms with Crippen molar-refractivity contribution in [3.8, 4) is 0 Å². The first-order valence-corrected chi connectivity index (χ1v) is 7.69. The van der Waals surface area contributed by atoms with Gasteiger partial charge in [0.15, 0.2) is 6.54 Å². The summed E-state index contributed by atoms with van der Waals surface area (Å²) in [5.41, 5.74) is 0.715. The fourth-order valence-corrected chi connectivity index (χ4v) is 2.99. The number of esters is 1. The van der Waals surface area contributed by atoms with Gasteiger partial charge in [0.2, 0.25) is 11.9 Å². The van der Waals surface area contributed by atoms with E-state index in [9.17, 15) is 14.4 Å². The maximum absolute atomic E-state index is 12.8. The normalized spacial score (nSPS) is 22.5. The molecule has 1 atom stereocenters. The van der Waals surface area contributed by atoms with Crippen molar-refractivity contribution in [1.82, 2.24) is 14.8 Å². The van der Waals surface area contributed by atoms with Crippen LogP contribution >= 0.6 is 0 Å². The van der Waals surface area contributed by atoms with E-state index < -0.39 is 18.0 Å². The van der Waals surface area contributed by atoms with Crippen molar-refractivity contribution >= 4 is 35.4 Å². The second kappa shape index (κ2) is 6.11. The number of rotatable bonds is 4. The molecule has 3 rings (SSSR count). The van der Waals surface area contributed by atoms with E-state index >= 15 is 0 Å². The fourth-order valence-electron chi connectivity index (χ4n) is 2.99. The lowest BCUT2D eigenvalue weighted by molar-refractivity contribution is -0.527. The van der Waals surface area contributed by atoms with E-state index in [4.69, 9.17) is 0 Å². The minimum Gasteiger partial charge on any atom is -0.467 e. The Morgan fingerprint density at radius 3 is 2.84 bits per heavy atom. The van der Waals surface area contributed by atoms with Gasteiger partial charge in [0.1, 0.15) is 6.54 Å². The van der Waals surface area contributed by atoms with E-state index in [1.54, 1.807) is 18.5 Å². The van der Waals surface area contributed by atoms with Crippen molar-refractivity contribution in [1.29, 1.82) is 0 Å². The number of guanidine groups is 1. The molecule has 3 heterocycles. The SMILES string of the molecule is C=CCN1C(=O)C2C(=NC3=[N+]2CC(C)=NN3CC(=O)OC)N(C)C1=O. The fraction of sp³-hybridized carbons (Fsp3) is 0.467. The maximum Gasteiger partial charge on any atom is 0.417 e. The molecule has 1 unspecified atom stereocenters. The van der Waals surface area contributed by atoms with Gasteiger partial charge < -0.3 is 4.74 Å². The van der Waals surface area contributed by atoms with E-state index in [0.717, 1.165) is 4.90 Å². The monoisotopic (exact) mass is 347 g/mol. The lowest BCUT2D eigenvalue weighted by atomic mass is 10.1. The van der Waals surface area contributed by atoms with Gasteiger partial charge in [-0.1, -0.05) is 11.1 Å². The third-order valence-electron chi connectivity index (χ3n) is 4.13. The van der Waals surface area contributed by atoms with Crippen molar-refractivity contribution in [3.05, 3.63) is 12.7 Å². The van der Waals surface area contributed by atoms with Gasteiger partial charge in [-0.05, 0) is 6.92 Å². The Kier molecular flexibility index (Phi) is 4.11. The van der Waals surface area contributed by atoms with Gasteiger partial charge >= 0.3 is 18.0 Å². The van der Waals surface area contributed by atoms with E-state index in [-0.39, 0.29) is 19.0 Å². The van der Waals surface area contributed by atoms with Crippen LogP contribution in [0, 0.1) is 0 Å². The molecule has 0 spiro atoms. The molecule has 3 aliphatic rings. The Balaban J connectivity index is 2.01. The molecule has 10 heteroatoms. The summed E-state index contributed by atoms with van der Waals surface area (Å²) in [6, 6.07) is -1.19. The lowest BCUT2D eigenvalue weighted by Gasteiger charge is -2.33. The van der Waals surface area contributed by atoms with Crippen LogP contribution in [-0.4, -0.2) is 94.6 Å². The van der Waals surface area contributed by atoms with Gasteiger partial charge in [0.05, 0.1) is 12.8 Å². The van der Waals surface area contributed by atoms with Gasteiger partial charge in [-0.15, -0.1) is 16.7 Å². The molecule has 132 valence electrons. The van der Waals surface area contributed by atoms with Crippen molar-refractivity contribution in [2.24, 2.45) is 10.1 Å². The second-order valence-corrected chi connectivity index (χ2v) is 5.85. The molecular formula is C15H19N6O4+. The molecule has 25 heavy (non-hydrogen) atoms. The smallest absolute Gasteiger partial charge is 0.417 e. The van der Waals surface area contributed by atoms with Gasteiger partial charge in [-0.25, -0.2) is 14.2 Å². The highest BCUT2D eigenvalue weighted by molar-refractivity contribution is 6.23. The molecule has 0 N–H and O–H groups in total. The van der Waals surface area contributed by atoms with Crippen LogP contribution in [0.3, 0.4) is 0 Å². The minimum atomic E-state index is -0.733. The second-order valence-electron chi connectivity index (χ2n) is 5.85. The zero-order valence-corrected chi connectivity index (χ0v) is 14.3. The number of urea groups is 1. The van der Waals surface area contributed by atoms with Crippen LogP contribution in [0.4, 0.5) is 4.79 Å². The number of amidine groups is 1. The van der Waals surface area contributed by atoms with Crippen LogP contribution in [0.25, 0.3) is 0 Å². The van der Waals surface area contributed by atoms with E-state index in [0.29, 0.717) is 24.1 Å². The number of carbonyl (C=O) groups excluding carboxylic acids is 3. The lowest BCUT2D eigenvalue weighted by Crippen LogP contribution is -2.63. The highest BCUT2D eigenvalue weighted by atomic mass is 16.5. The molecule has 0 saturated carbocycles. The van der Waals surface area contributed by atoms with Crippen LogP contribution < -0.4 is 0 Å². The van der Waals surface area contributed by atoms with Crippen LogP contribution in [0.5, 0.6) is 0 Å². The first-order valence-electron chi connectivity index (χ1n) is 7.69. The predicted octanol–water partition coefficient (Wildman–Crippen LogP) is -0.920. The molecule has 10 nitrogen and oxygen atoms in total. The molecule has 1 fully saturated rings. The number of likely N-dealkylation sites (N-methyl/N-ethyl adjacent to an activating group) is 1. The quantitative estimate of drug-likeness (QED) is 0.372. The highest BCUT2D eigenvalue weighted by Gasteiger charge is 2.54. The van der Waals surface area contributed by atoms with Crippen LogP contribution in [-0.2, 0) is 14.3 Å². The summed E-state index contributed by atoms with van der Waals surface area (Å²) in [4.78, 5) is 43.8. The van der Waals surface area contributed by atoms with Gasteiger partial charge in [-0.3, -0.25) is 14.6 Å². The number of hydrazone groups is 1. The van der Waals surface area contributed by atoms with Crippen molar-refractivity contribution in [2.75, 3.05) is 33.8 Å². The Morgan fingerprint density at radius 1 is 1.48 bits per heavy atom. The molecule has 0 radical (unpaired) electrons. The summed E-state index contributed by atoms with van der Waals surface area (Å²) in [6.07, 6.45) is 1.50. The van der Waals surface area contributed by atoms with Gasteiger partial charge in [0, 0.05) is 13.6 Å². The van der Waals surface area contributed by atoms with Crippen molar-refractivity contribution in [3.63, 3.8) is 0 Å². The van der Waals surface area contributed by atoms with Gasteiger partial charge in [0.25, 0.3) is 5.91 Å². The number of nitrogens with zero attached hydrogens (tertiary/aromatic N) is 6. The number of ether oxygens (including phenoxy) is 1. The summed E-state index contributed by atoms with van der Waals surface area (Å²) < 4.78 is 6.42. The molecule has 0 aromatic heterocycles. The first-order chi connectivity index (χ1) is 11.9. The van der Waals surface area contributed by atoms with Crippen LogP contribution in [0.1, 0.15) is 6.92 Å². The number of carbonyl (C=O) groups is 3. The summed E-state index contributed by atoms with van der Waals surface area (Å²) in [5, 5.41) is 5.70. The van der Waals surface area contributed by atoms with Crippen molar-refractivity contribution in [2.45, 2.75) is 13.0 Å². The number of imide groups is 1. The van der Waals surface area contributed by atoms with Crippen LogP contribution in [0.2, 0.25) is 0 Å². The number of amides is 3. The standard InChI is InChI=1S/C15H19N6O4/c1-5-6-19-13(23)11-12(18(3)15(19)24)16-14-20(11)7-9(2)17-21(14)8-10(22)25-4/h5,11H,1,6-8H2,2-4H3/q+1. The number of hydrogen-bond acceptors (Lipinski definition) is 7. The van der Waals surface area contributed by atoms with Crippen LogP contribution in [0.15, 0.2) is 22.7 Å². The molecule has 1 saturated heterocycles. The Morgan fingerprint density at radius 2 is 2.20 bits per heavy atom. The maximum atomic E-state index is 12.8. The highest BCUT2D eigenvalue weighted by Crippen LogP contribution is 2.22. The zero-order valence-electron chi connectivity index (χ0n) is 14.3. The molecule has 0 aromatic rings. The number of hydrogen-bond donors (Lipinski definition) is 0. The molecule has 0 bridgehead atoms. The topological polar surface area (TPSA) is 97.9 Å². The minimum absolute atomic E-state index is 0.119. The molecule has 3 amide bonds. The van der Waals surface area contributed by atoms with Gasteiger partial charge in [-0.2, -0.15) is 0 Å². The Hall–Kier alpha value is -3.04. The average molecular weight is 347 g/mol. The first kappa shape index (κ1) is 16.8. The van der Waals surface area contributed by atoms with E-state index in [1.807, 2.05) is 0 Å². The third kappa shape index (κ3) is 2.59. The van der Waals surface area contributed by atoms with E-state index in [2.05, 4.69) is 21.4 Å². The Labute approximate surface area is 144 Å². The number of methoxy groups -OCH3 is 1. The molecular weight excluding hydrogens is 328 g/mol. The largest absolute Gasteiger partial charge is 0.467 e. The summed E-state index contributed by atoms with van der Waals surface area (Å²) in [7, 11) is 2.85. The molecule has 0 aliphatic carbocycles. The summed E-state index contributed by atoms with van der Waals surface area (Å²) >= 11 is 0. The van der Waals surface area contributed by atoms with E-state index in [1.165, 1.54) is 23.1 Å². The zero-order chi connectivity index (χ0) is 18.3. The number of fused-ring (bicyclic) bond motifs is 2. The van der Waals surface area contributed by atoms with Crippen molar-refractivity contribution < 1.29 is 23.7 Å². The summed E-state index contributed by atoms with van der Waals surface area (Å²) in [6.45, 7) is 5.74. The molecule has 3 aliphatic heterocycles. The summed E-state index contributed by atoms with van der Waals surface area (Å²) in [5.74, 6) is -0.177.